The number of nitrogens with zero attached hydrogens (tertiary/aromatic N) is 1. The molecule has 1 aromatic heterocycles. The number of hydrogen-bond donors (Lipinski definition) is 1. The molecular formula is C16H20N2O2S3. The number of fused-ring (bicyclic) bond motifs is 1. The average molecular weight is 369 g/mol. The Morgan fingerprint density at radius 3 is 3.13 bits per heavy atom. The number of carbonyl (C=O) groups excluding carboxylic acids is 1. The SMILES string of the molecule is COc1ccc2nc(NC(=O)CCCCC3CCSS3)sc2c1. The van der Waals surface area contributed by atoms with Crippen molar-refractivity contribution in [2.24, 2.45) is 0 Å². The monoisotopic (exact) mass is 368 g/mol. The molecule has 4 nitrogen and oxygen atoms in total. The molecule has 7 heteroatoms. The van der Waals surface area contributed by atoms with Gasteiger partial charge in [0.15, 0.2) is 5.13 Å². The first-order valence-electron chi connectivity index (χ1n) is 7.77. The Labute approximate surface area is 148 Å². The van der Waals surface area contributed by atoms with E-state index in [-0.39, 0.29) is 5.91 Å². The Morgan fingerprint density at radius 1 is 1.43 bits per heavy atom. The molecule has 1 saturated heterocycles. The second-order valence-electron chi connectivity index (χ2n) is 5.48. The van der Waals surface area contributed by atoms with Crippen molar-refractivity contribution in [2.75, 3.05) is 18.2 Å². The molecule has 1 aliphatic rings. The van der Waals surface area contributed by atoms with E-state index in [1.165, 1.54) is 29.9 Å². The number of anilines is 1. The summed E-state index contributed by atoms with van der Waals surface area (Å²) in [5.74, 6) is 2.14. The second kappa shape index (κ2) is 8.26. The molecule has 1 aliphatic heterocycles. The summed E-state index contributed by atoms with van der Waals surface area (Å²) in [6.07, 6.45) is 5.20. The van der Waals surface area contributed by atoms with Gasteiger partial charge in [0.1, 0.15) is 5.75 Å². The van der Waals surface area contributed by atoms with E-state index in [0.717, 1.165) is 34.1 Å². The van der Waals surface area contributed by atoms with Crippen molar-refractivity contribution in [3.05, 3.63) is 18.2 Å². The molecule has 0 bridgehead atoms. The van der Waals surface area contributed by atoms with Crippen LogP contribution in [0.3, 0.4) is 0 Å². The maximum atomic E-state index is 12.0. The highest BCUT2D eigenvalue weighted by molar-refractivity contribution is 8.77. The summed E-state index contributed by atoms with van der Waals surface area (Å²) < 4.78 is 6.23. The molecule has 1 amide bonds. The third kappa shape index (κ3) is 4.78. The molecule has 1 N–H and O–H groups in total. The topological polar surface area (TPSA) is 51.2 Å². The summed E-state index contributed by atoms with van der Waals surface area (Å²) in [7, 11) is 5.63. The number of unbranched alkanes of at least 4 members (excludes halogenated alkanes) is 1. The predicted molar refractivity (Wildman–Crippen MR) is 102 cm³/mol. The Balaban J connectivity index is 1.45. The molecule has 0 saturated carbocycles. The van der Waals surface area contributed by atoms with Gasteiger partial charge in [-0.05, 0) is 37.5 Å². The van der Waals surface area contributed by atoms with Crippen LogP contribution in [0.25, 0.3) is 10.2 Å². The molecule has 1 aromatic carbocycles. The van der Waals surface area contributed by atoms with Crippen LogP contribution in [0.4, 0.5) is 5.13 Å². The number of rotatable bonds is 7. The third-order valence-corrected chi connectivity index (χ3v) is 7.69. The molecule has 23 heavy (non-hydrogen) atoms. The second-order valence-corrected chi connectivity index (χ2v) is 9.29. The average Bonchev–Trinajstić information content (AvgIpc) is 3.19. The molecular weight excluding hydrogens is 348 g/mol. The summed E-state index contributed by atoms with van der Waals surface area (Å²) in [4.78, 5) is 16.5. The van der Waals surface area contributed by atoms with Gasteiger partial charge < -0.3 is 10.1 Å². The highest BCUT2D eigenvalue weighted by Crippen LogP contribution is 2.39. The van der Waals surface area contributed by atoms with E-state index in [1.807, 2.05) is 39.8 Å². The summed E-state index contributed by atoms with van der Waals surface area (Å²) in [6, 6.07) is 5.74. The van der Waals surface area contributed by atoms with Gasteiger partial charge >= 0.3 is 0 Å². The molecule has 1 atom stereocenters. The van der Waals surface area contributed by atoms with Gasteiger partial charge in [0.2, 0.25) is 5.91 Å². The number of amides is 1. The zero-order valence-corrected chi connectivity index (χ0v) is 15.5. The van der Waals surface area contributed by atoms with Gasteiger partial charge in [-0.15, -0.1) is 0 Å². The summed E-state index contributed by atoms with van der Waals surface area (Å²) in [6.45, 7) is 0. The van der Waals surface area contributed by atoms with E-state index >= 15 is 0 Å². The minimum Gasteiger partial charge on any atom is -0.497 e. The van der Waals surface area contributed by atoms with Gasteiger partial charge in [0, 0.05) is 17.4 Å². The van der Waals surface area contributed by atoms with Gasteiger partial charge in [-0.2, -0.15) is 0 Å². The number of nitrogens with one attached hydrogen (secondary N) is 1. The summed E-state index contributed by atoms with van der Waals surface area (Å²) >= 11 is 1.49. The molecule has 2 aromatic rings. The minimum atomic E-state index is 0.0597. The van der Waals surface area contributed by atoms with E-state index in [1.54, 1.807) is 7.11 Å². The minimum absolute atomic E-state index is 0.0597. The molecule has 124 valence electrons. The zero-order valence-electron chi connectivity index (χ0n) is 13.0. The third-order valence-electron chi connectivity index (χ3n) is 3.75. The van der Waals surface area contributed by atoms with Gasteiger partial charge in [0.05, 0.1) is 17.3 Å². The van der Waals surface area contributed by atoms with Crippen molar-refractivity contribution < 1.29 is 9.53 Å². The number of methoxy groups -OCH3 is 1. The van der Waals surface area contributed by atoms with Crippen molar-refractivity contribution in [3.63, 3.8) is 0 Å². The number of carbonyl (C=O) groups is 1. The Morgan fingerprint density at radius 2 is 2.35 bits per heavy atom. The van der Waals surface area contributed by atoms with Crippen LogP contribution in [0.5, 0.6) is 5.75 Å². The molecule has 0 aliphatic carbocycles. The van der Waals surface area contributed by atoms with Gasteiger partial charge in [-0.3, -0.25) is 4.79 Å². The molecule has 2 heterocycles. The number of thiazole rings is 1. The largest absolute Gasteiger partial charge is 0.497 e. The van der Waals surface area contributed by atoms with E-state index in [2.05, 4.69) is 10.3 Å². The van der Waals surface area contributed by atoms with Crippen molar-refractivity contribution in [1.29, 1.82) is 0 Å². The van der Waals surface area contributed by atoms with Gasteiger partial charge in [0.25, 0.3) is 0 Å². The lowest BCUT2D eigenvalue weighted by atomic mass is 10.1. The van der Waals surface area contributed by atoms with E-state index < -0.39 is 0 Å². The normalized spacial score (nSPS) is 17.5. The van der Waals surface area contributed by atoms with E-state index in [4.69, 9.17) is 4.74 Å². The first kappa shape index (κ1) is 16.9. The van der Waals surface area contributed by atoms with Crippen LogP contribution in [-0.2, 0) is 4.79 Å². The molecule has 1 fully saturated rings. The predicted octanol–water partition coefficient (Wildman–Crippen LogP) is 4.96. The van der Waals surface area contributed by atoms with Crippen LogP contribution in [0.15, 0.2) is 18.2 Å². The lowest BCUT2D eigenvalue weighted by Crippen LogP contribution is -2.11. The fourth-order valence-electron chi connectivity index (χ4n) is 2.49. The maximum absolute atomic E-state index is 12.0. The van der Waals surface area contributed by atoms with Gasteiger partial charge in [-0.1, -0.05) is 39.3 Å². The van der Waals surface area contributed by atoms with Crippen molar-refractivity contribution in [3.8, 4) is 5.75 Å². The molecule has 0 radical (unpaired) electrons. The number of ether oxygens (including phenoxy) is 1. The van der Waals surface area contributed by atoms with Crippen molar-refractivity contribution >= 4 is 54.2 Å². The van der Waals surface area contributed by atoms with Crippen LogP contribution < -0.4 is 10.1 Å². The van der Waals surface area contributed by atoms with Crippen LogP contribution >= 0.6 is 32.9 Å². The molecule has 3 rings (SSSR count). The standard InChI is InChI=1S/C16H20N2O2S3/c1-20-11-6-7-13-14(10-11)22-16(17-13)18-15(19)5-3-2-4-12-8-9-21-23-12/h6-7,10,12H,2-5,8-9H2,1H3,(H,17,18,19). The highest BCUT2D eigenvalue weighted by Gasteiger charge is 2.16. The molecule has 1 unspecified atom stereocenters. The first-order valence-corrected chi connectivity index (χ1v) is 11.0. The highest BCUT2D eigenvalue weighted by atomic mass is 33.1. The van der Waals surface area contributed by atoms with Crippen LogP contribution in [0.2, 0.25) is 0 Å². The summed E-state index contributed by atoms with van der Waals surface area (Å²) in [5.41, 5.74) is 0.891. The fraction of sp³-hybridized carbons (Fsp3) is 0.500. The first-order chi connectivity index (χ1) is 11.2. The zero-order chi connectivity index (χ0) is 16.1. The number of benzene rings is 1. The van der Waals surface area contributed by atoms with Crippen molar-refractivity contribution in [1.82, 2.24) is 4.98 Å². The van der Waals surface area contributed by atoms with Gasteiger partial charge in [-0.25, -0.2) is 4.98 Å². The molecule has 0 spiro atoms. The van der Waals surface area contributed by atoms with E-state index in [0.29, 0.717) is 11.6 Å². The number of hydrogen-bond acceptors (Lipinski definition) is 6. The van der Waals surface area contributed by atoms with Crippen LogP contribution in [0.1, 0.15) is 32.1 Å². The maximum Gasteiger partial charge on any atom is 0.226 e. The number of aromatic nitrogens is 1. The fourth-order valence-corrected chi connectivity index (χ4v) is 6.43. The van der Waals surface area contributed by atoms with Crippen LogP contribution in [0, 0.1) is 0 Å². The summed E-state index contributed by atoms with van der Waals surface area (Å²) in [5, 5.41) is 4.38. The Hall–Kier alpha value is -0.920. The quantitative estimate of drug-likeness (QED) is 0.553. The van der Waals surface area contributed by atoms with E-state index in [9.17, 15) is 4.79 Å². The lowest BCUT2D eigenvalue weighted by Gasteiger charge is -2.06. The smallest absolute Gasteiger partial charge is 0.226 e. The lowest BCUT2D eigenvalue weighted by molar-refractivity contribution is -0.116. The van der Waals surface area contributed by atoms with Crippen molar-refractivity contribution in [2.45, 2.75) is 37.4 Å². The Kier molecular flexibility index (Phi) is 6.08. The Bertz CT molecular complexity index is 668. The van der Waals surface area contributed by atoms with Crippen LogP contribution in [-0.4, -0.2) is 29.0 Å².